The third-order valence-corrected chi connectivity index (χ3v) is 2.03. The van der Waals surface area contributed by atoms with Gasteiger partial charge < -0.3 is 9.64 Å². The molecule has 4 nitrogen and oxygen atoms in total. The van der Waals surface area contributed by atoms with E-state index >= 15 is 0 Å². The number of aromatic nitrogens is 1. The van der Waals surface area contributed by atoms with Crippen molar-refractivity contribution in [3.8, 4) is 5.75 Å². The van der Waals surface area contributed by atoms with Crippen molar-refractivity contribution >= 4 is 17.5 Å². The van der Waals surface area contributed by atoms with Crippen LogP contribution in [0.5, 0.6) is 5.75 Å². The van der Waals surface area contributed by atoms with Crippen molar-refractivity contribution in [2.24, 2.45) is 0 Å². The molecule has 1 unspecified atom stereocenters. The van der Waals surface area contributed by atoms with Crippen LogP contribution in [0.15, 0.2) is 18.3 Å². The molecule has 0 aliphatic rings. The van der Waals surface area contributed by atoms with E-state index in [4.69, 9.17) is 16.3 Å². The summed E-state index contributed by atoms with van der Waals surface area (Å²) >= 11 is 5.62. The Morgan fingerprint density at radius 1 is 1.53 bits per heavy atom. The number of rotatable bonds is 3. The third kappa shape index (κ3) is 3.40. The van der Waals surface area contributed by atoms with E-state index in [2.05, 4.69) is 4.98 Å². The first-order valence-electron chi connectivity index (χ1n) is 4.50. The summed E-state index contributed by atoms with van der Waals surface area (Å²) in [5, 5.41) is 0.397. The van der Waals surface area contributed by atoms with Gasteiger partial charge in [0.15, 0.2) is 6.10 Å². The molecule has 1 aromatic rings. The zero-order chi connectivity index (χ0) is 11.4. The molecule has 0 N–H and O–H groups in total. The molecular weight excluding hydrogens is 216 g/mol. The maximum absolute atomic E-state index is 11.5. The largest absolute Gasteiger partial charge is 0.479 e. The van der Waals surface area contributed by atoms with Gasteiger partial charge in [0.1, 0.15) is 10.9 Å². The highest BCUT2D eigenvalue weighted by Gasteiger charge is 2.16. The highest BCUT2D eigenvalue weighted by molar-refractivity contribution is 6.29. The van der Waals surface area contributed by atoms with Crippen molar-refractivity contribution in [1.82, 2.24) is 9.88 Å². The van der Waals surface area contributed by atoms with Crippen LogP contribution in [-0.2, 0) is 4.79 Å². The summed E-state index contributed by atoms with van der Waals surface area (Å²) in [7, 11) is 3.37. The normalized spacial score (nSPS) is 12.0. The Morgan fingerprint density at radius 2 is 2.20 bits per heavy atom. The Hall–Kier alpha value is -1.29. The number of carbonyl (C=O) groups is 1. The van der Waals surface area contributed by atoms with E-state index in [0.29, 0.717) is 10.9 Å². The quantitative estimate of drug-likeness (QED) is 0.738. The lowest BCUT2D eigenvalue weighted by atomic mass is 10.3. The van der Waals surface area contributed by atoms with Crippen LogP contribution in [-0.4, -0.2) is 36.0 Å². The molecular formula is C10H13ClN2O2. The predicted molar refractivity (Wildman–Crippen MR) is 58.0 cm³/mol. The van der Waals surface area contributed by atoms with Gasteiger partial charge in [-0.05, 0) is 19.1 Å². The highest BCUT2D eigenvalue weighted by Crippen LogP contribution is 2.14. The second-order valence-electron chi connectivity index (χ2n) is 3.31. The fraction of sp³-hybridized carbons (Fsp3) is 0.400. The summed E-state index contributed by atoms with van der Waals surface area (Å²) in [5.41, 5.74) is 0. The average molecular weight is 229 g/mol. The number of hydrogen-bond acceptors (Lipinski definition) is 3. The number of likely N-dealkylation sites (N-methyl/N-ethyl adjacent to an activating group) is 1. The van der Waals surface area contributed by atoms with Crippen LogP contribution in [0.2, 0.25) is 5.15 Å². The number of carbonyl (C=O) groups excluding carboxylic acids is 1. The van der Waals surface area contributed by atoms with E-state index < -0.39 is 6.10 Å². The van der Waals surface area contributed by atoms with E-state index in [1.165, 1.54) is 11.1 Å². The standard InChI is InChI=1S/C10H13ClN2O2/c1-7(10(14)13(2)3)15-8-4-5-9(11)12-6-8/h4-7H,1-3H3. The second-order valence-corrected chi connectivity index (χ2v) is 3.70. The molecule has 0 aliphatic heterocycles. The molecule has 0 saturated heterocycles. The van der Waals surface area contributed by atoms with Crippen molar-refractivity contribution in [1.29, 1.82) is 0 Å². The average Bonchev–Trinajstić information content (AvgIpc) is 2.20. The maximum Gasteiger partial charge on any atom is 0.262 e. The molecule has 15 heavy (non-hydrogen) atoms. The van der Waals surface area contributed by atoms with Crippen LogP contribution in [0.25, 0.3) is 0 Å². The summed E-state index contributed by atoms with van der Waals surface area (Å²) in [4.78, 5) is 16.8. The molecule has 1 aromatic heterocycles. The molecule has 1 amide bonds. The first-order valence-corrected chi connectivity index (χ1v) is 4.88. The molecule has 1 heterocycles. The number of amides is 1. The maximum atomic E-state index is 11.5. The number of nitrogens with zero attached hydrogens (tertiary/aromatic N) is 2. The third-order valence-electron chi connectivity index (χ3n) is 1.80. The zero-order valence-electron chi connectivity index (χ0n) is 8.90. The summed E-state index contributed by atoms with van der Waals surface area (Å²) in [5.74, 6) is 0.437. The van der Waals surface area contributed by atoms with Gasteiger partial charge in [-0.15, -0.1) is 0 Å². The molecule has 0 radical (unpaired) electrons. The van der Waals surface area contributed by atoms with Gasteiger partial charge in [0.2, 0.25) is 0 Å². The first-order chi connectivity index (χ1) is 7.00. The molecule has 0 aliphatic carbocycles. The summed E-state index contributed by atoms with van der Waals surface area (Å²) in [6, 6.07) is 3.29. The van der Waals surface area contributed by atoms with E-state index in [1.54, 1.807) is 33.2 Å². The molecule has 82 valence electrons. The van der Waals surface area contributed by atoms with Crippen molar-refractivity contribution in [3.05, 3.63) is 23.5 Å². The smallest absolute Gasteiger partial charge is 0.262 e. The SMILES string of the molecule is CC(Oc1ccc(Cl)nc1)C(=O)N(C)C. The minimum Gasteiger partial charge on any atom is -0.479 e. The van der Waals surface area contributed by atoms with Crippen LogP contribution in [0.1, 0.15) is 6.92 Å². The van der Waals surface area contributed by atoms with Crippen LogP contribution in [0, 0.1) is 0 Å². The van der Waals surface area contributed by atoms with E-state index in [1.807, 2.05) is 0 Å². The van der Waals surface area contributed by atoms with E-state index in [9.17, 15) is 4.79 Å². The minimum absolute atomic E-state index is 0.0926. The topological polar surface area (TPSA) is 42.4 Å². The monoisotopic (exact) mass is 228 g/mol. The Balaban J connectivity index is 2.62. The highest BCUT2D eigenvalue weighted by atomic mass is 35.5. The number of halogens is 1. The number of pyridine rings is 1. The summed E-state index contributed by atoms with van der Waals surface area (Å²) < 4.78 is 5.38. The van der Waals surface area contributed by atoms with Crippen molar-refractivity contribution in [2.75, 3.05) is 14.1 Å². The molecule has 0 aromatic carbocycles. The lowest BCUT2D eigenvalue weighted by molar-refractivity contribution is -0.135. The Bertz CT molecular complexity index is 338. The van der Waals surface area contributed by atoms with Gasteiger partial charge in [0.25, 0.3) is 5.91 Å². The van der Waals surface area contributed by atoms with Crippen LogP contribution >= 0.6 is 11.6 Å². The van der Waals surface area contributed by atoms with Crippen molar-refractivity contribution < 1.29 is 9.53 Å². The fourth-order valence-electron chi connectivity index (χ4n) is 1.05. The molecule has 1 atom stereocenters. The molecule has 0 spiro atoms. The second kappa shape index (κ2) is 4.98. The van der Waals surface area contributed by atoms with Gasteiger partial charge in [-0.3, -0.25) is 4.79 Å². The Morgan fingerprint density at radius 3 is 2.67 bits per heavy atom. The molecule has 0 fully saturated rings. The lowest BCUT2D eigenvalue weighted by Crippen LogP contribution is -2.35. The lowest BCUT2D eigenvalue weighted by Gasteiger charge is -2.17. The van der Waals surface area contributed by atoms with Crippen molar-refractivity contribution in [3.63, 3.8) is 0 Å². The minimum atomic E-state index is -0.525. The Kier molecular flexibility index (Phi) is 3.91. The summed E-state index contributed by atoms with van der Waals surface area (Å²) in [6.45, 7) is 1.69. The molecule has 0 saturated carbocycles. The van der Waals surface area contributed by atoms with Gasteiger partial charge in [-0.25, -0.2) is 4.98 Å². The van der Waals surface area contributed by atoms with Crippen LogP contribution in [0.4, 0.5) is 0 Å². The number of hydrogen-bond donors (Lipinski definition) is 0. The van der Waals surface area contributed by atoms with E-state index in [0.717, 1.165) is 0 Å². The van der Waals surface area contributed by atoms with Crippen LogP contribution in [0.3, 0.4) is 0 Å². The molecule has 1 rings (SSSR count). The predicted octanol–water partition coefficient (Wildman–Crippen LogP) is 1.59. The first kappa shape index (κ1) is 11.8. The van der Waals surface area contributed by atoms with Crippen molar-refractivity contribution in [2.45, 2.75) is 13.0 Å². The molecule has 0 bridgehead atoms. The van der Waals surface area contributed by atoms with E-state index in [-0.39, 0.29) is 5.91 Å². The van der Waals surface area contributed by atoms with Gasteiger partial charge in [0, 0.05) is 14.1 Å². The van der Waals surface area contributed by atoms with Gasteiger partial charge in [-0.1, -0.05) is 11.6 Å². The summed E-state index contributed by atoms with van der Waals surface area (Å²) in [6.07, 6.45) is 0.963. The van der Waals surface area contributed by atoms with Gasteiger partial charge >= 0.3 is 0 Å². The zero-order valence-corrected chi connectivity index (χ0v) is 9.65. The Labute approximate surface area is 93.8 Å². The van der Waals surface area contributed by atoms with Gasteiger partial charge in [0.05, 0.1) is 6.20 Å². The van der Waals surface area contributed by atoms with Crippen LogP contribution < -0.4 is 4.74 Å². The number of ether oxygens (including phenoxy) is 1. The fourth-order valence-corrected chi connectivity index (χ4v) is 1.16. The molecule has 5 heteroatoms. The van der Waals surface area contributed by atoms with Gasteiger partial charge in [-0.2, -0.15) is 0 Å².